The molecule has 0 radical (unpaired) electrons. The van der Waals surface area contributed by atoms with Gasteiger partial charge in [0.1, 0.15) is 0 Å². The molecule has 2 aromatic heterocycles. The Morgan fingerprint density at radius 2 is 2.07 bits per heavy atom. The molecule has 0 bridgehead atoms. The van der Waals surface area contributed by atoms with E-state index in [1.807, 2.05) is 19.1 Å². The summed E-state index contributed by atoms with van der Waals surface area (Å²) in [7, 11) is 0. The number of rotatable bonds is 6. The second kappa shape index (κ2) is 8.56. The van der Waals surface area contributed by atoms with Crippen molar-refractivity contribution in [1.29, 1.82) is 0 Å². The molecular formula is C21H22N4O2S. The highest BCUT2D eigenvalue weighted by molar-refractivity contribution is 7.99. The summed E-state index contributed by atoms with van der Waals surface area (Å²) in [6.45, 7) is 2.01. The molecule has 1 aliphatic carbocycles. The van der Waals surface area contributed by atoms with Gasteiger partial charge in [0, 0.05) is 12.4 Å². The average Bonchev–Trinajstić information content (AvgIpc) is 3.22. The fourth-order valence-corrected chi connectivity index (χ4v) is 3.96. The van der Waals surface area contributed by atoms with Gasteiger partial charge in [0.25, 0.3) is 5.22 Å². The molecule has 3 aromatic rings. The number of aryl methyl sites for hydroxylation is 2. The van der Waals surface area contributed by atoms with Gasteiger partial charge in [-0.05, 0) is 61.4 Å². The van der Waals surface area contributed by atoms with E-state index >= 15 is 0 Å². The van der Waals surface area contributed by atoms with E-state index in [1.165, 1.54) is 35.7 Å². The summed E-state index contributed by atoms with van der Waals surface area (Å²) in [6.07, 6.45) is 8.17. The summed E-state index contributed by atoms with van der Waals surface area (Å²) < 4.78 is 5.59. The molecule has 0 fully saturated rings. The van der Waals surface area contributed by atoms with Crippen molar-refractivity contribution in [2.75, 3.05) is 5.75 Å². The molecule has 1 amide bonds. The summed E-state index contributed by atoms with van der Waals surface area (Å²) in [5.74, 6) is 0.569. The normalized spacial score (nSPS) is 14.3. The Labute approximate surface area is 168 Å². The van der Waals surface area contributed by atoms with Crippen molar-refractivity contribution < 1.29 is 9.21 Å². The smallest absolute Gasteiger partial charge is 0.277 e. The van der Waals surface area contributed by atoms with Gasteiger partial charge in [0.2, 0.25) is 11.8 Å². The van der Waals surface area contributed by atoms with E-state index in [0.717, 1.165) is 24.0 Å². The third kappa shape index (κ3) is 4.42. The van der Waals surface area contributed by atoms with Crippen molar-refractivity contribution in [3.63, 3.8) is 0 Å². The molecule has 1 aromatic carbocycles. The van der Waals surface area contributed by atoms with Crippen LogP contribution >= 0.6 is 11.8 Å². The van der Waals surface area contributed by atoms with Gasteiger partial charge in [-0.3, -0.25) is 9.78 Å². The van der Waals surface area contributed by atoms with Gasteiger partial charge < -0.3 is 9.73 Å². The van der Waals surface area contributed by atoms with Crippen molar-refractivity contribution in [2.24, 2.45) is 0 Å². The first-order valence-corrected chi connectivity index (χ1v) is 10.5. The Balaban J connectivity index is 1.31. The number of benzene rings is 1. The van der Waals surface area contributed by atoms with Gasteiger partial charge in [0.15, 0.2) is 0 Å². The minimum Gasteiger partial charge on any atom is -0.411 e. The topological polar surface area (TPSA) is 80.9 Å². The van der Waals surface area contributed by atoms with Crippen molar-refractivity contribution in [3.05, 3.63) is 59.4 Å². The lowest BCUT2D eigenvalue weighted by Gasteiger charge is -2.20. The lowest BCUT2D eigenvalue weighted by atomic mass is 9.89. The first-order chi connectivity index (χ1) is 13.7. The van der Waals surface area contributed by atoms with E-state index < -0.39 is 0 Å². The highest BCUT2D eigenvalue weighted by Gasteiger charge is 2.16. The zero-order valence-electron chi connectivity index (χ0n) is 15.7. The second-order valence-electron chi connectivity index (χ2n) is 6.93. The maximum atomic E-state index is 12.3. The fraction of sp³-hybridized carbons (Fsp3) is 0.333. The van der Waals surface area contributed by atoms with Crippen LogP contribution in [0.2, 0.25) is 0 Å². The number of aromatic nitrogens is 3. The molecule has 4 rings (SSSR count). The van der Waals surface area contributed by atoms with Crippen LogP contribution in [0.4, 0.5) is 0 Å². The Bertz CT molecular complexity index is 958. The SMILES string of the molecule is C[C@H](NC(=O)CSc1nnc(-c2cccnc2)o1)c1ccc2c(c1)CCCC2. The third-order valence-corrected chi connectivity index (χ3v) is 5.71. The Morgan fingerprint density at radius 3 is 2.89 bits per heavy atom. The lowest BCUT2D eigenvalue weighted by molar-refractivity contribution is -0.119. The molecule has 0 spiro atoms. The molecule has 6 nitrogen and oxygen atoms in total. The number of hydrogen-bond acceptors (Lipinski definition) is 6. The van der Waals surface area contributed by atoms with Crippen LogP contribution in [0.5, 0.6) is 0 Å². The molecule has 1 aliphatic rings. The fourth-order valence-electron chi connectivity index (χ4n) is 3.39. The van der Waals surface area contributed by atoms with Gasteiger partial charge in [-0.2, -0.15) is 0 Å². The Hall–Kier alpha value is -2.67. The van der Waals surface area contributed by atoms with Gasteiger partial charge in [0.05, 0.1) is 17.4 Å². The Morgan fingerprint density at radius 1 is 1.21 bits per heavy atom. The second-order valence-corrected chi connectivity index (χ2v) is 7.85. The number of pyridine rings is 1. The number of carbonyl (C=O) groups excluding carboxylic acids is 1. The van der Waals surface area contributed by atoms with Gasteiger partial charge >= 0.3 is 0 Å². The van der Waals surface area contributed by atoms with E-state index in [1.54, 1.807) is 12.4 Å². The molecular weight excluding hydrogens is 372 g/mol. The number of carbonyl (C=O) groups is 1. The zero-order chi connectivity index (χ0) is 19.3. The quantitative estimate of drug-likeness (QED) is 0.637. The van der Waals surface area contributed by atoms with Crippen LogP contribution in [0, 0.1) is 0 Å². The number of nitrogens with zero attached hydrogens (tertiary/aromatic N) is 3. The number of amides is 1. The molecule has 28 heavy (non-hydrogen) atoms. The van der Waals surface area contributed by atoms with Crippen molar-refractivity contribution in [2.45, 2.75) is 43.9 Å². The minimum atomic E-state index is -0.0589. The Kier molecular flexibility index (Phi) is 5.71. The van der Waals surface area contributed by atoms with Crippen LogP contribution < -0.4 is 5.32 Å². The highest BCUT2D eigenvalue weighted by atomic mass is 32.2. The van der Waals surface area contributed by atoms with Crippen LogP contribution in [0.3, 0.4) is 0 Å². The van der Waals surface area contributed by atoms with Gasteiger partial charge in [-0.1, -0.05) is 30.0 Å². The largest absolute Gasteiger partial charge is 0.411 e. The number of hydrogen-bond donors (Lipinski definition) is 1. The van der Waals surface area contributed by atoms with Crippen molar-refractivity contribution >= 4 is 17.7 Å². The summed E-state index contributed by atoms with van der Waals surface area (Å²) in [5.41, 5.74) is 4.78. The number of thioether (sulfide) groups is 1. The van der Waals surface area contributed by atoms with E-state index in [4.69, 9.17) is 4.42 Å². The zero-order valence-corrected chi connectivity index (χ0v) is 16.5. The molecule has 0 aliphatic heterocycles. The number of nitrogens with one attached hydrogen (secondary N) is 1. The van der Waals surface area contributed by atoms with E-state index in [0.29, 0.717) is 11.1 Å². The van der Waals surface area contributed by atoms with Gasteiger partial charge in [-0.25, -0.2) is 0 Å². The van der Waals surface area contributed by atoms with Gasteiger partial charge in [-0.15, -0.1) is 10.2 Å². The van der Waals surface area contributed by atoms with Crippen molar-refractivity contribution in [1.82, 2.24) is 20.5 Å². The van der Waals surface area contributed by atoms with Crippen LogP contribution in [0.25, 0.3) is 11.5 Å². The molecule has 7 heteroatoms. The average molecular weight is 395 g/mol. The van der Waals surface area contributed by atoms with E-state index in [2.05, 4.69) is 38.7 Å². The minimum absolute atomic E-state index is 0.0334. The van der Waals surface area contributed by atoms with E-state index in [9.17, 15) is 4.79 Å². The highest BCUT2D eigenvalue weighted by Crippen LogP contribution is 2.25. The standard InChI is InChI=1S/C21H22N4O2S/c1-14(16-9-8-15-5-2-3-6-17(15)11-16)23-19(26)13-28-21-25-24-20(27-21)18-7-4-10-22-12-18/h4,7-12,14H,2-3,5-6,13H2,1H3,(H,23,26)/t14-/m0/s1. The van der Waals surface area contributed by atoms with Crippen LogP contribution in [0.15, 0.2) is 52.4 Å². The molecule has 0 saturated carbocycles. The molecule has 1 N–H and O–H groups in total. The molecule has 1 atom stereocenters. The first-order valence-electron chi connectivity index (χ1n) is 9.47. The van der Waals surface area contributed by atoms with Crippen LogP contribution in [-0.4, -0.2) is 26.8 Å². The molecule has 0 saturated heterocycles. The first kappa shape index (κ1) is 18.7. The van der Waals surface area contributed by atoms with Crippen LogP contribution in [0.1, 0.15) is 42.5 Å². The van der Waals surface area contributed by atoms with Crippen molar-refractivity contribution in [3.8, 4) is 11.5 Å². The maximum absolute atomic E-state index is 12.3. The van der Waals surface area contributed by atoms with Crippen LogP contribution in [-0.2, 0) is 17.6 Å². The predicted molar refractivity (Wildman–Crippen MR) is 108 cm³/mol. The van der Waals surface area contributed by atoms with E-state index in [-0.39, 0.29) is 17.7 Å². The summed E-state index contributed by atoms with van der Waals surface area (Å²) in [4.78, 5) is 16.4. The summed E-state index contributed by atoms with van der Waals surface area (Å²) >= 11 is 1.23. The molecule has 2 heterocycles. The lowest BCUT2D eigenvalue weighted by Crippen LogP contribution is -2.28. The summed E-state index contributed by atoms with van der Waals surface area (Å²) in [6, 6.07) is 10.2. The molecule has 0 unspecified atom stereocenters. The monoisotopic (exact) mass is 394 g/mol. The molecule has 144 valence electrons. The summed E-state index contributed by atoms with van der Waals surface area (Å²) in [5, 5.41) is 11.4. The number of fused-ring (bicyclic) bond motifs is 1. The maximum Gasteiger partial charge on any atom is 0.277 e. The predicted octanol–water partition coefficient (Wildman–Crippen LogP) is 3.98. The third-order valence-electron chi connectivity index (χ3n) is 4.89.